The molecule has 3 nitrogen and oxygen atoms in total. The largest absolute Gasteiger partial charge is 0.479 e. The standard InChI is InChI=1S/C5H6NO2S.Al.2H/c1-5(4(7)8)2-9-3-6-5;;;/h2H2,1H3,(H,7,8);;;. The number of carbonyl (C=O) groups is 1. The molecule has 1 unspecified atom stereocenters. The molecule has 0 fully saturated rings. The van der Waals surface area contributed by atoms with Gasteiger partial charge < -0.3 is 5.11 Å². The molecule has 0 aromatic rings. The highest BCUT2D eigenvalue weighted by Gasteiger charge is 2.36. The number of hydrogen-bond donors (Lipinski definition) is 1. The summed E-state index contributed by atoms with van der Waals surface area (Å²) in [5.74, 6) is -0.216. The summed E-state index contributed by atoms with van der Waals surface area (Å²) in [5.41, 5.74) is -0.832. The Morgan fingerprint density at radius 3 is 2.80 bits per heavy atom. The van der Waals surface area contributed by atoms with Crippen LogP contribution in [0.5, 0.6) is 0 Å². The molecule has 10 heavy (non-hydrogen) atoms. The molecule has 0 bridgehead atoms. The molecule has 0 aliphatic carbocycles. The number of aliphatic imine (C=N–C) groups is 1. The van der Waals surface area contributed by atoms with Crippen molar-refractivity contribution in [3.8, 4) is 0 Å². The molecule has 0 radical (unpaired) electrons. The van der Waals surface area contributed by atoms with Crippen molar-refractivity contribution in [1.29, 1.82) is 0 Å². The Bertz CT molecular complexity index is 206. The molecular weight excluding hydrogens is 165 g/mol. The van der Waals surface area contributed by atoms with E-state index < -0.39 is 11.5 Å². The van der Waals surface area contributed by atoms with Gasteiger partial charge in [0.1, 0.15) is 0 Å². The fourth-order valence-corrected chi connectivity index (χ4v) is 2.64. The number of thioether (sulfide) groups is 1. The Morgan fingerprint density at radius 2 is 2.60 bits per heavy atom. The smallest absolute Gasteiger partial charge is 0.332 e. The summed E-state index contributed by atoms with van der Waals surface area (Å²) in [7, 11) is 0. The third-order valence-electron chi connectivity index (χ3n) is 1.43. The van der Waals surface area contributed by atoms with Crippen molar-refractivity contribution in [2.75, 3.05) is 5.75 Å². The number of rotatable bonds is 1. The number of carboxylic acids is 1. The van der Waals surface area contributed by atoms with Gasteiger partial charge in [-0.3, -0.25) is 4.99 Å². The van der Waals surface area contributed by atoms with Crippen LogP contribution in [-0.2, 0) is 4.79 Å². The molecule has 1 aliphatic rings. The molecule has 0 aromatic heterocycles. The van der Waals surface area contributed by atoms with Crippen LogP contribution < -0.4 is 0 Å². The van der Waals surface area contributed by atoms with Crippen molar-refractivity contribution in [1.82, 2.24) is 0 Å². The lowest BCUT2D eigenvalue weighted by Gasteiger charge is -2.11. The van der Waals surface area contributed by atoms with Gasteiger partial charge in [0.05, 0.1) is 0 Å². The second-order valence-corrected chi connectivity index (χ2v) is 5.34. The third kappa shape index (κ3) is 1.37. The summed E-state index contributed by atoms with van der Waals surface area (Å²) >= 11 is 2.43. The molecule has 0 saturated carbocycles. The van der Waals surface area contributed by atoms with E-state index in [0.717, 1.165) is 20.2 Å². The van der Waals surface area contributed by atoms with Crippen LogP contribution in [0.2, 0.25) is 0 Å². The topological polar surface area (TPSA) is 49.7 Å². The van der Waals surface area contributed by atoms with Crippen LogP contribution in [0.4, 0.5) is 0 Å². The van der Waals surface area contributed by atoms with Crippen LogP contribution >= 0.6 is 11.8 Å². The summed E-state index contributed by atoms with van der Waals surface area (Å²) in [4.78, 5) is 14.6. The maximum atomic E-state index is 10.6. The first kappa shape index (κ1) is 8.12. The molecule has 0 amide bonds. The lowest BCUT2D eigenvalue weighted by atomic mass is 10.1. The van der Waals surface area contributed by atoms with Gasteiger partial charge in [0.2, 0.25) is 0 Å². The van der Waals surface area contributed by atoms with Gasteiger partial charge in [0, 0.05) is 5.75 Å². The van der Waals surface area contributed by atoms with Crippen molar-refractivity contribution < 1.29 is 9.90 Å². The molecule has 1 heterocycles. The molecular formula is C5H8AlNO2S. The first-order chi connectivity index (χ1) is 4.54. The quantitative estimate of drug-likeness (QED) is 0.547. The maximum Gasteiger partial charge on any atom is 0.332 e. The van der Waals surface area contributed by atoms with E-state index in [1.54, 1.807) is 18.7 Å². The minimum absolute atomic E-state index is 0.598. The molecule has 5 heteroatoms. The number of carboxylic acid groups (broad SMARTS) is 1. The Kier molecular flexibility index (Phi) is 2.09. The lowest BCUT2D eigenvalue weighted by Crippen LogP contribution is -2.33. The predicted molar refractivity (Wildman–Crippen MR) is 44.5 cm³/mol. The van der Waals surface area contributed by atoms with Crippen LogP contribution in [0, 0.1) is 0 Å². The molecule has 0 spiro atoms. The van der Waals surface area contributed by atoms with E-state index >= 15 is 0 Å². The average Bonchev–Trinajstić information content (AvgIpc) is 2.13. The number of nitrogens with zero attached hydrogens (tertiary/aromatic N) is 1. The highest BCUT2D eigenvalue weighted by Crippen LogP contribution is 2.26. The van der Waals surface area contributed by atoms with E-state index in [4.69, 9.17) is 5.11 Å². The molecule has 0 aromatic carbocycles. The monoisotopic (exact) mass is 173 g/mol. The Balaban J connectivity index is 2.82. The van der Waals surface area contributed by atoms with Gasteiger partial charge in [-0.2, -0.15) is 0 Å². The van der Waals surface area contributed by atoms with Gasteiger partial charge in [-0.15, -0.1) is 11.8 Å². The van der Waals surface area contributed by atoms with Crippen molar-refractivity contribution >= 4 is 37.9 Å². The third-order valence-corrected chi connectivity index (χ3v) is 3.73. The summed E-state index contributed by atoms with van der Waals surface area (Å²) in [6.45, 7) is 1.66. The molecule has 54 valence electrons. The zero-order valence-electron chi connectivity index (χ0n) is 5.92. The SMILES string of the molecule is CC1(C(=O)O)CS[C]([AlH2])=N1. The maximum absolute atomic E-state index is 10.6. The average molecular weight is 173 g/mol. The van der Waals surface area contributed by atoms with Crippen LogP contribution in [0.1, 0.15) is 6.92 Å². The Labute approximate surface area is 71.3 Å². The van der Waals surface area contributed by atoms with Crippen LogP contribution in [0.3, 0.4) is 0 Å². The van der Waals surface area contributed by atoms with Crippen molar-refractivity contribution in [3.63, 3.8) is 0 Å². The summed E-state index contributed by atoms with van der Waals surface area (Å²) in [6, 6.07) is 0. The Hall–Kier alpha value is 0.0225. The van der Waals surface area contributed by atoms with Gasteiger partial charge in [-0.25, -0.2) is 4.79 Å². The predicted octanol–water partition coefficient (Wildman–Crippen LogP) is -0.434. The first-order valence-corrected chi connectivity index (χ1v) is 4.96. The highest BCUT2D eigenvalue weighted by molar-refractivity contribution is 8.16. The fraction of sp³-hybridized carbons (Fsp3) is 0.600. The van der Waals surface area contributed by atoms with E-state index in [2.05, 4.69) is 4.99 Å². The van der Waals surface area contributed by atoms with E-state index in [0.29, 0.717) is 5.75 Å². The molecule has 1 rings (SSSR count). The van der Waals surface area contributed by atoms with Crippen LogP contribution in [-0.4, -0.2) is 42.6 Å². The second-order valence-electron chi connectivity index (χ2n) is 2.50. The molecule has 1 atom stereocenters. The van der Waals surface area contributed by atoms with E-state index in [-0.39, 0.29) is 0 Å². The minimum atomic E-state index is -0.832. The summed E-state index contributed by atoms with van der Waals surface area (Å²) in [5, 5.41) is 8.69. The van der Waals surface area contributed by atoms with Crippen molar-refractivity contribution in [2.24, 2.45) is 4.99 Å². The van der Waals surface area contributed by atoms with Gasteiger partial charge in [-0.1, -0.05) is 0 Å². The highest BCUT2D eigenvalue weighted by atomic mass is 32.2. The second kappa shape index (κ2) is 2.57. The number of hydrogen-bond acceptors (Lipinski definition) is 3. The van der Waals surface area contributed by atoms with Gasteiger partial charge >= 0.3 is 5.97 Å². The summed E-state index contributed by atoms with van der Waals surface area (Å²) in [6.07, 6.45) is 0. The minimum Gasteiger partial charge on any atom is -0.479 e. The van der Waals surface area contributed by atoms with Crippen molar-refractivity contribution in [2.45, 2.75) is 12.5 Å². The fourth-order valence-electron chi connectivity index (χ4n) is 0.767. The van der Waals surface area contributed by atoms with Crippen molar-refractivity contribution in [3.05, 3.63) is 0 Å². The van der Waals surface area contributed by atoms with E-state index in [1.807, 2.05) is 0 Å². The number of aliphatic carboxylic acids is 1. The first-order valence-electron chi connectivity index (χ1n) is 2.97. The van der Waals surface area contributed by atoms with E-state index in [9.17, 15) is 4.79 Å². The lowest BCUT2D eigenvalue weighted by molar-refractivity contribution is -0.141. The van der Waals surface area contributed by atoms with E-state index in [1.165, 1.54) is 0 Å². The summed E-state index contributed by atoms with van der Waals surface area (Å²) < 4.78 is 1.00. The van der Waals surface area contributed by atoms with Crippen LogP contribution in [0.15, 0.2) is 4.99 Å². The van der Waals surface area contributed by atoms with Gasteiger partial charge in [0.15, 0.2) is 5.54 Å². The van der Waals surface area contributed by atoms with Crippen LogP contribution in [0.25, 0.3) is 0 Å². The zero-order valence-corrected chi connectivity index (χ0v) is 8.73. The normalized spacial score (nSPS) is 31.9. The Morgan fingerprint density at radius 1 is 2.00 bits per heavy atom. The van der Waals surface area contributed by atoms with Gasteiger partial charge in [0.25, 0.3) is 16.3 Å². The zero-order chi connectivity index (χ0) is 7.78. The van der Waals surface area contributed by atoms with Gasteiger partial charge in [-0.05, 0) is 10.8 Å². The molecule has 1 N–H and O–H groups in total. The molecule has 0 saturated heterocycles. The molecule has 1 aliphatic heterocycles.